The number of ether oxygens (including phenoxy) is 4. The molecular weight excluding hydrogens is 633 g/mol. The van der Waals surface area contributed by atoms with E-state index in [0.717, 1.165) is 5.56 Å². The Morgan fingerprint density at radius 3 is 2.31 bits per heavy atom. The molecule has 258 valence electrons. The van der Waals surface area contributed by atoms with Crippen LogP contribution in [0.4, 0.5) is 0 Å². The van der Waals surface area contributed by atoms with Gasteiger partial charge in [0.15, 0.2) is 0 Å². The first-order valence-corrected chi connectivity index (χ1v) is 16.2. The molecule has 0 saturated carbocycles. The summed E-state index contributed by atoms with van der Waals surface area (Å²) in [6.45, 7) is 11.0. The van der Waals surface area contributed by atoms with Crippen LogP contribution in [0.3, 0.4) is 0 Å². The molecule has 4 atom stereocenters. The van der Waals surface area contributed by atoms with Gasteiger partial charge in [-0.3, -0.25) is 19.2 Å². The molecule has 4 rings (SSSR count). The van der Waals surface area contributed by atoms with Gasteiger partial charge in [0.25, 0.3) is 5.79 Å². The van der Waals surface area contributed by atoms with Crippen LogP contribution < -0.4 is 50.6 Å². The molecule has 2 amide bonds. The van der Waals surface area contributed by atoms with Gasteiger partial charge in [0.2, 0.25) is 17.6 Å². The first-order chi connectivity index (χ1) is 22.1. The minimum Gasteiger partial charge on any atom is -0.550 e. The van der Waals surface area contributed by atoms with Gasteiger partial charge in [0.1, 0.15) is 30.1 Å². The molecule has 1 aromatic rings. The van der Waals surface area contributed by atoms with Crippen molar-refractivity contribution in [2.45, 2.75) is 122 Å². The first kappa shape index (κ1) is 39.6. The maximum Gasteiger partial charge on any atom is 1.00 e. The van der Waals surface area contributed by atoms with Crippen molar-refractivity contribution in [3.8, 4) is 0 Å². The van der Waals surface area contributed by atoms with Gasteiger partial charge in [-0.05, 0) is 59.8 Å². The fourth-order valence-corrected chi connectivity index (χ4v) is 5.91. The van der Waals surface area contributed by atoms with Crippen LogP contribution in [0.15, 0.2) is 29.8 Å². The minimum atomic E-state index is -1.66. The van der Waals surface area contributed by atoms with Crippen LogP contribution in [-0.2, 0) is 48.7 Å². The average molecular weight is 680 g/mol. The van der Waals surface area contributed by atoms with Crippen molar-refractivity contribution in [3.63, 3.8) is 0 Å². The number of carbonyl (C=O) groups excluding carboxylic acids is 5. The summed E-state index contributed by atoms with van der Waals surface area (Å²) in [7, 11) is 0. The molecule has 48 heavy (non-hydrogen) atoms. The van der Waals surface area contributed by atoms with Crippen LogP contribution >= 0.6 is 0 Å². The Bertz CT molecular complexity index is 1410. The number of carboxylic acids is 1. The van der Waals surface area contributed by atoms with E-state index in [1.807, 2.05) is 39.8 Å². The molecule has 2 aliphatic heterocycles. The van der Waals surface area contributed by atoms with E-state index >= 15 is 0 Å². The number of fused-ring (bicyclic) bond motifs is 3. The third-order valence-electron chi connectivity index (χ3n) is 8.15. The fourth-order valence-electron chi connectivity index (χ4n) is 5.91. The standard InChI is InChI=1S/C34H47N3O10.Na/c1-19(2)35-25(32(43)37-26(11-13-27(38)39)31(42)36-20(3)4)12-14-28(40)44-17-21-18-45-34(46-21)24-10-8-7-9-22(24)29-23(30(34)41)15-16-33(5,6)47-29;/h7-10,19-21,25-26,35H,11-18H2,1-6H3,(H,36,42)(H,37,43)(H,38,39);/q;+1/p-1. The smallest absolute Gasteiger partial charge is 0.550 e. The predicted octanol–water partition coefficient (Wildman–Crippen LogP) is -1.63. The maximum atomic E-state index is 13.8. The van der Waals surface area contributed by atoms with E-state index in [-0.39, 0.29) is 79.9 Å². The van der Waals surface area contributed by atoms with Crippen LogP contribution in [0.25, 0.3) is 5.76 Å². The Morgan fingerprint density at radius 2 is 1.65 bits per heavy atom. The number of rotatable bonds is 14. The number of esters is 1. The number of hydrogen-bond donors (Lipinski definition) is 3. The molecule has 3 N–H and O–H groups in total. The molecule has 13 nitrogen and oxygen atoms in total. The zero-order chi connectivity index (χ0) is 34.5. The number of aliphatic carboxylic acids is 1. The third-order valence-corrected chi connectivity index (χ3v) is 8.15. The predicted molar refractivity (Wildman–Crippen MR) is 167 cm³/mol. The summed E-state index contributed by atoms with van der Waals surface area (Å²) in [5, 5.41) is 19.4. The van der Waals surface area contributed by atoms with Crippen molar-refractivity contribution in [3.05, 3.63) is 41.0 Å². The summed E-state index contributed by atoms with van der Waals surface area (Å²) < 4.78 is 24.0. The molecule has 0 radical (unpaired) electrons. The van der Waals surface area contributed by atoms with E-state index in [1.165, 1.54) is 0 Å². The normalized spacial score (nSPS) is 22.2. The van der Waals surface area contributed by atoms with E-state index in [2.05, 4.69) is 16.0 Å². The van der Waals surface area contributed by atoms with Crippen LogP contribution in [0, 0.1) is 0 Å². The number of nitrogens with one attached hydrogen (secondary N) is 3. The zero-order valence-electron chi connectivity index (χ0n) is 28.9. The zero-order valence-corrected chi connectivity index (χ0v) is 30.9. The second-order valence-electron chi connectivity index (χ2n) is 13.4. The number of amides is 2. The van der Waals surface area contributed by atoms with Gasteiger partial charge < -0.3 is 44.8 Å². The van der Waals surface area contributed by atoms with E-state index in [4.69, 9.17) is 18.9 Å². The molecule has 3 aliphatic rings. The number of benzene rings is 1. The second-order valence-corrected chi connectivity index (χ2v) is 13.4. The van der Waals surface area contributed by atoms with Gasteiger partial charge in [0.05, 0.1) is 12.6 Å². The van der Waals surface area contributed by atoms with Crippen molar-refractivity contribution in [2.24, 2.45) is 0 Å². The molecule has 0 aromatic heterocycles. The third kappa shape index (κ3) is 9.66. The van der Waals surface area contributed by atoms with E-state index < -0.39 is 59.7 Å². The molecule has 1 aliphatic carbocycles. The summed E-state index contributed by atoms with van der Waals surface area (Å²) in [5.74, 6) is -4.42. The molecule has 0 bridgehead atoms. The molecule has 1 aromatic carbocycles. The van der Waals surface area contributed by atoms with Crippen LogP contribution in [0.5, 0.6) is 0 Å². The Labute approximate surface area is 303 Å². The van der Waals surface area contributed by atoms with E-state index in [9.17, 15) is 29.1 Å². The Hall–Kier alpha value is -2.81. The summed E-state index contributed by atoms with van der Waals surface area (Å²) in [5.41, 5.74) is 1.38. The number of hydrogen-bond acceptors (Lipinski definition) is 11. The molecule has 4 unspecified atom stereocenters. The van der Waals surface area contributed by atoms with Crippen LogP contribution in [0.2, 0.25) is 0 Å². The Morgan fingerprint density at radius 1 is 0.979 bits per heavy atom. The minimum absolute atomic E-state index is 0. The second kappa shape index (κ2) is 16.7. The molecule has 1 fully saturated rings. The topological polar surface area (TPSA) is 181 Å². The summed E-state index contributed by atoms with van der Waals surface area (Å²) in [4.78, 5) is 63.5. The van der Waals surface area contributed by atoms with Crippen LogP contribution in [-0.4, -0.2) is 78.6 Å². The quantitative estimate of drug-likeness (QED) is 0.152. The van der Waals surface area contributed by atoms with Gasteiger partial charge in [-0.2, -0.15) is 0 Å². The first-order valence-electron chi connectivity index (χ1n) is 16.2. The molecule has 1 spiro atoms. The fraction of sp³-hybridized carbons (Fsp3) is 0.618. The SMILES string of the molecule is CC(C)NC(=O)C(CCC(=O)[O-])NC(=O)C(CCC(=O)OCC1COC2(O1)C(=O)C1=C(OC(C)(C)CC1)c1ccccc12)NC(C)C.[Na+]. The van der Waals surface area contributed by atoms with Gasteiger partial charge in [-0.15, -0.1) is 0 Å². The summed E-state index contributed by atoms with van der Waals surface area (Å²) in [6.07, 6.45) is -0.186. The molecule has 2 heterocycles. The van der Waals surface area contributed by atoms with Crippen molar-refractivity contribution in [1.82, 2.24) is 16.0 Å². The van der Waals surface area contributed by atoms with E-state index in [1.54, 1.807) is 26.0 Å². The Balaban J connectivity index is 0.00000625. The van der Waals surface area contributed by atoms with Crippen molar-refractivity contribution in [2.75, 3.05) is 13.2 Å². The summed E-state index contributed by atoms with van der Waals surface area (Å²) >= 11 is 0. The number of carboxylic acid groups (broad SMARTS) is 1. The molecule has 1 saturated heterocycles. The average Bonchev–Trinajstić information content (AvgIpc) is 3.43. The van der Waals surface area contributed by atoms with Gasteiger partial charge in [-0.25, -0.2) is 0 Å². The van der Waals surface area contributed by atoms with E-state index in [0.29, 0.717) is 29.7 Å². The van der Waals surface area contributed by atoms with Crippen molar-refractivity contribution >= 4 is 35.3 Å². The molecule has 14 heteroatoms. The van der Waals surface area contributed by atoms with Crippen molar-refractivity contribution < 1.29 is 77.6 Å². The van der Waals surface area contributed by atoms with Gasteiger partial charge in [0, 0.05) is 41.2 Å². The Kier molecular flexibility index (Phi) is 13.8. The van der Waals surface area contributed by atoms with Crippen LogP contribution in [0.1, 0.15) is 91.2 Å². The molecular formula is C34H46N3NaO10. The largest absolute Gasteiger partial charge is 1.00 e. The maximum absolute atomic E-state index is 13.8. The number of ketones is 1. The number of carbonyl (C=O) groups is 5. The van der Waals surface area contributed by atoms with Gasteiger partial charge >= 0.3 is 35.5 Å². The van der Waals surface area contributed by atoms with Crippen molar-refractivity contribution in [1.29, 1.82) is 0 Å². The summed E-state index contributed by atoms with van der Waals surface area (Å²) in [6, 6.07) is 5.00. The van der Waals surface area contributed by atoms with Gasteiger partial charge in [-0.1, -0.05) is 38.1 Å². The number of Topliss-reactive ketones (excluding diaryl/α,β-unsaturated/α-hetero) is 1. The monoisotopic (exact) mass is 679 g/mol.